The highest BCUT2D eigenvalue weighted by molar-refractivity contribution is 7.15. The lowest BCUT2D eigenvalue weighted by atomic mass is 9.96. The molecule has 1 aliphatic carbocycles. The quantitative estimate of drug-likeness (QED) is 0.819. The average Bonchev–Trinajstić information content (AvgIpc) is 3.15. The van der Waals surface area contributed by atoms with Crippen LogP contribution in [0.15, 0.2) is 30.5 Å². The van der Waals surface area contributed by atoms with Crippen LogP contribution < -0.4 is 10.2 Å². The van der Waals surface area contributed by atoms with Crippen molar-refractivity contribution in [1.82, 2.24) is 10.3 Å². The molecule has 23 heavy (non-hydrogen) atoms. The molecule has 1 aromatic carbocycles. The molecular formula is C18H25N3OS. The molecule has 1 heterocycles. The van der Waals surface area contributed by atoms with Crippen LogP contribution in [-0.4, -0.2) is 29.7 Å². The third kappa shape index (κ3) is 3.42. The third-order valence-corrected chi connectivity index (χ3v) is 5.68. The molecule has 1 unspecified atom stereocenters. The zero-order valence-electron chi connectivity index (χ0n) is 13.9. The van der Waals surface area contributed by atoms with Crippen LogP contribution in [0.1, 0.15) is 36.3 Å². The molecule has 0 fully saturated rings. The minimum absolute atomic E-state index is 0.586. The Morgan fingerprint density at radius 3 is 2.87 bits per heavy atom. The van der Waals surface area contributed by atoms with Crippen molar-refractivity contribution in [3.63, 3.8) is 0 Å². The molecule has 2 aromatic rings. The number of nitrogens with one attached hydrogen (secondary N) is 1. The van der Waals surface area contributed by atoms with Gasteiger partial charge in [0.15, 0.2) is 5.13 Å². The van der Waals surface area contributed by atoms with E-state index in [-0.39, 0.29) is 0 Å². The molecule has 1 aliphatic rings. The van der Waals surface area contributed by atoms with Crippen molar-refractivity contribution in [3.05, 3.63) is 46.5 Å². The first kappa shape index (κ1) is 16.4. The lowest BCUT2D eigenvalue weighted by molar-refractivity contribution is 0.0385. The fourth-order valence-corrected chi connectivity index (χ4v) is 4.27. The van der Waals surface area contributed by atoms with E-state index in [0.717, 1.165) is 43.2 Å². The molecule has 5 heteroatoms. The van der Waals surface area contributed by atoms with Crippen molar-refractivity contribution in [3.8, 4) is 0 Å². The van der Waals surface area contributed by atoms with E-state index in [1.54, 1.807) is 11.3 Å². The summed E-state index contributed by atoms with van der Waals surface area (Å²) in [6, 6.07) is 8.22. The summed E-state index contributed by atoms with van der Waals surface area (Å²) in [5.74, 6) is 0. The van der Waals surface area contributed by atoms with Crippen LogP contribution in [0.5, 0.6) is 0 Å². The molecule has 0 saturated heterocycles. The summed E-state index contributed by atoms with van der Waals surface area (Å²) < 4.78 is 0. The van der Waals surface area contributed by atoms with Crippen molar-refractivity contribution in [1.29, 1.82) is 0 Å². The van der Waals surface area contributed by atoms with E-state index in [1.807, 2.05) is 18.3 Å². The lowest BCUT2D eigenvalue weighted by Crippen LogP contribution is -2.35. The van der Waals surface area contributed by atoms with Crippen molar-refractivity contribution in [2.45, 2.75) is 38.8 Å². The van der Waals surface area contributed by atoms with Crippen molar-refractivity contribution < 1.29 is 5.11 Å². The molecule has 0 saturated carbocycles. The lowest BCUT2D eigenvalue weighted by Gasteiger charge is -2.24. The van der Waals surface area contributed by atoms with Gasteiger partial charge < -0.3 is 15.3 Å². The Kier molecular flexibility index (Phi) is 4.99. The maximum atomic E-state index is 10.9. The van der Waals surface area contributed by atoms with Gasteiger partial charge in [-0.1, -0.05) is 24.3 Å². The van der Waals surface area contributed by atoms with Gasteiger partial charge in [-0.2, -0.15) is 0 Å². The molecule has 0 spiro atoms. The van der Waals surface area contributed by atoms with Gasteiger partial charge in [0.05, 0.1) is 0 Å². The van der Waals surface area contributed by atoms with Crippen LogP contribution in [0.3, 0.4) is 0 Å². The molecule has 3 rings (SSSR count). The number of thiazole rings is 1. The first-order chi connectivity index (χ1) is 11.2. The number of hydrogen-bond acceptors (Lipinski definition) is 5. The summed E-state index contributed by atoms with van der Waals surface area (Å²) in [6.07, 6.45) is 3.70. The van der Waals surface area contributed by atoms with Crippen LogP contribution in [0.25, 0.3) is 0 Å². The van der Waals surface area contributed by atoms with E-state index in [0.29, 0.717) is 6.54 Å². The predicted octanol–water partition coefficient (Wildman–Crippen LogP) is 2.91. The second kappa shape index (κ2) is 6.99. The van der Waals surface area contributed by atoms with Gasteiger partial charge in [-0.3, -0.25) is 0 Å². The molecule has 1 atom stereocenters. The second-order valence-corrected chi connectivity index (χ2v) is 7.17. The summed E-state index contributed by atoms with van der Waals surface area (Å²) in [6.45, 7) is 7.60. The van der Waals surface area contributed by atoms with Crippen molar-refractivity contribution >= 4 is 16.5 Å². The van der Waals surface area contributed by atoms with Gasteiger partial charge >= 0.3 is 0 Å². The van der Waals surface area contributed by atoms with E-state index in [4.69, 9.17) is 0 Å². The number of fused-ring (bicyclic) bond motifs is 1. The fourth-order valence-electron chi connectivity index (χ4n) is 3.26. The van der Waals surface area contributed by atoms with Gasteiger partial charge in [-0.05, 0) is 37.8 Å². The third-order valence-electron chi connectivity index (χ3n) is 4.62. The van der Waals surface area contributed by atoms with Crippen LogP contribution in [0.2, 0.25) is 0 Å². The second-order valence-electron chi connectivity index (χ2n) is 6.07. The summed E-state index contributed by atoms with van der Waals surface area (Å²) in [5.41, 5.74) is 1.63. The fraction of sp³-hybridized carbons (Fsp3) is 0.500. The Bertz CT molecular complexity index is 653. The molecule has 0 radical (unpaired) electrons. The smallest absolute Gasteiger partial charge is 0.185 e. The SMILES string of the molecule is CCN(CC)c1ncc(CNCC2(O)CCc3ccccc32)s1. The Morgan fingerprint density at radius 2 is 2.09 bits per heavy atom. The number of anilines is 1. The van der Waals surface area contributed by atoms with Gasteiger partial charge in [0.1, 0.15) is 5.60 Å². The van der Waals surface area contributed by atoms with Gasteiger partial charge in [0.2, 0.25) is 0 Å². The van der Waals surface area contributed by atoms with E-state index in [2.05, 4.69) is 41.2 Å². The topological polar surface area (TPSA) is 48.4 Å². The highest BCUT2D eigenvalue weighted by atomic mass is 32.1. The van der Waals surface area contributed by atoms with Crippen LogP contribution in [0.4, 0.5) is 5.13 Å². The normalized spacial score (nSPS) is 19.8. The maximum Gasteiger partial charge on any atom is 0.185 e. The Morgan fingerprint density at radius 1 is 1.30 bits per heavy atom. The molecule has 2 N–H and O–H groups in total. The number of aliphatic hydroxyl groups is 1. The Balaban J connectivity index is 1.58. The number of nitrogens with zero attached hydrogens (tertiary/aromatic N) is 2. The molecule has 124 valence electrons. The van der Waals surface area contributed by atoms with Crippen molar-refractivity contribution in [2.24, 2.45) is 0 Å². The van der Waals surface area contributed by atoms with E-state index < -0.39 is 5.60 Å². The number of benzene rings is 1. The molecule has 0 bridgehead atoms. The summed E-state index contributed by atoms with van der Waals surface area (Å²) in [5, 5.41) is 15.4. The van der Waals surface area contributed by atoms with Gasteiger partial charge in [-0.15, -0.1) is 11.3 Å². The molecule has 0 amide bonds. The number of aryl methyl sites for hydroxylation is 1. The summed E-state index contributed by atoms with van der Waals surface area (Å²) in [4.78, 5) is 7.97. The monoisotopic (exact) mass is 331 g/mol. The van der Waals surface area contributed by atoms with Gasteiger partial charge in [0, 0.05) is 37.3 Å². The molecule has 1 aromatic heterocycles. The van der Waals surface area contributed by atoms with Gasteiger partial charge in [0.25, 0.3) is 0 Å². The minimum Gasteiger partial charge on any atom is -0.384 e. The number of rotatable bonds is 7. The predicted molar refractivity (Wildman–Crippen MR) is 96.0 cm³/mol. The molecular weight excluding hydrogens is 306 g/mol. The zero-order valence-corrected chi connectivity index (χ0v) is 14.7. The zero-order chi connectivity index (χ0) is 16.3. The first-order valence-electron chi connectivity index (χ1n) is 8.37. The molecule has 0 aliphatic heterocycles. The minimum atomic E-state index is -0.733. The van der Waals surface area contributed by atoms with Crippen LogP contribution >= 0.6 is 11.3 Å². The van der Waals surface area contributed by atoms with E-state index >= 15 is 0 Å². The van der Waals surface area contributed by atoms with E-state index in [9.17, 15) is 5.11 Å². The summed E-state index contributed by atoms with van der Waals surface area (Å²) in [7, 11) is 0. The first-order valence-corrected chi connectivity index (χ1v) is 9.19. The standard InChI is InChI=1S/C18H25N3OS/c1-3-21(4-2)17-20-12-15(23-17)11-19-13-18(22)10-9-14-7-5-6-8-16(14)18/h5-8,12,19,22H,3-4,9-11,13H2,1-2H3. The summed E-state index contributed by atoms with van der Waals surface area (Å²) >= 11 is 1.73. The largest absolute Gasteiger partial charge is 0.384 e. The molecule has 4 nitrogen and oxygen atoms in total. The number of hydrogen-bond donors (Lipinski definition) is 2. The van der Waals surface area contributed by atoms with Crippen molar-refractivity contribution in [2.75, 3.05) is 24.5 Å². The maximum absolute atomic E-state index is 10.9. The number of aromatic nitrogens is 1. The Labute approximate surface area is 142 Å². The Hall–Kier alpha value is -1.43. The highest BCUT2D eigenvalue weighted by Gasteiger charge is 2.35. The van der Waals surface area contributed by atoms with Crippen LogP contribution in [0, 0.1) is 0 Å². The highest BCUT2D eigenvalue weighted by Crippen LogP contribution is 2.36. The van der Waals surface area contributed by atoms with E-state index in [1.165, 1.54) is 10.4 Å². The van der Waals surface area contributed by atoms with Crippen LogP contribution in [-0.2, 0) is 18.6 Å². The average molecular weight is 331 g/mol. The van der Waals surface area contributed by atoms with Gasteiger partial charge in [-0.25, -0.2) is 4.98 Å².